The maximum Gasteiger partial charge on any atom is 0.218 e. The van der Waals surface area contributed by atoms with E-state index >= 15 is 0 Å². The molecule has 0 unspecified atom stereocenters. The van der Waals surface area contributed by atoms with Gasteiger partial charge in [0.1, 0.15) is 11.6 Å². The molecule has 1 heterocycles. The molecule has 0 radical (unpaired) electrons. The molecule has 130 valence electrons. The van der Waals surface area contributed by atoms with Crippen LogP contribution in [0.5, 0.6) is 0 Å². The van der Waals surface area contributed by atoms with Gasteiger partial charge in [0.25, 0.3) is 0 Å². The lowest BCUT2D eigenvalue weighted by Gasteiger charge is -2.30. The van der Waals surface area contributed by atoms with E-state index in [1.165, 1.54) is 17.4 Å². The number of hydrogen-bond donors (Lipinski definition) is 0. The molecule has 2 aromatic rings. The van der Waals surface area contributed by atoms with Crippen molar-refractivity contribution in [2.24, 2.45) is 7.05 Å². The summed E-state index contributed by atoms with van der Waals surface area (Å²) in [6.07, 6.45) is 4.02. The lowest BCUT2D eigenvalue weighted by atomic mass is 9.93. The molecule has 0 saturated heterocycles. The van der Waals surface area contributed by atoms with E-state index in [0.29, 0.717) is 6.42 Å². The van der Waals surface area contributed by atoms with E-state index in [2.05, 4.69) is 5.10 Å². The normalized spacial score (nSPS) is 18.0. The van der Waals surface area contributed by atoms with E-state index in [9.17, 15) is 17.2 Å². The number of nitrogens with zero attached hydrogens (tertiary/aromatic N) is 3. The molecule has 5 nitrogen and oxygen atoms in total. The molecule has 1 atom stereocenters. The molecule has 8 heteroatoms. The molecule has 0 saturated carbocycles. The summed E-state index contributed by atoms with van der Waals surface area (Å²) in [5.74, 6) is -2.40. The standard InChI is InChI=1S/C16H19F2N3O2S/c1-20-15-7-4-8-16(11(15)9-19-20)21(2)24(22,23)10-12-13(17)5-3-6-14(12)18/h3,5-6,9,16H,4,7-8,10H2,1-2H3/t16-/m0/s1. The van der Waals surface area contributed by atoms with Gasteiger partial charge in [-0.05, 0) is 31.4 Å². The van der Waals surface area contributed by atoms with Gasteiger partial charge >= 0.3 is 0 Å². The van der Waals surface area contributed by atoms with Gasteiger partial charge in [0, 0.05) is 30.9 Å². The van der Waals surface area contributed by atoms with Crippen LogP contribution in [0.15, 0.2) is 24.4 Å². The van der Waals surface area contributed by atoms with Gasteiger partial charge in [0.15, 0.2) is 0 Å². The average Bonchev–Trinajstić information content (AvgIpc) is 2.92. The summed E-state index contributed by atoms with van der Waals surface area (Å²) < 4.78 is 55.9. The summed E-state index contributed by atoms with van der Waals surface area (Å²) in [7, 11) is -0.592. The van der Waals surface area contributed by atoms with Crippen LogP contribution in [0, 0.1) is 11.6 Å². The minimum Gasteiger partial charge on any atom is -0.272 e. The van der Waals surface area contributed by atoms with Gasteiger partial charge in [-0.15, -0.1) is 0 Å². The SMILES string of the molecule is CN([C@H]1CCCc2c1cnn2C)S(=O)(=O)Cc1c(F)cccc1F. The van der Waals surface area contributed by atoms with Gasteiger partial charge < -0.3 is 0 Å². The molecule has 0 amide bonds. The second-order valence-electron chi connectivity index (χ2n) is 6.05. The summed E-state index contributed by atoms with van der Waals surface area (Å²) >= 11 is 0. The highest BCUT2D eigenvalue weighted by Gasteiger charge is 2.33. The van der Waals surface area contributed by atoms with Crippen molar-refractivity contribution in [2.45, 2.75) is 31.1 Å². The van der Waals surface area contributed by atoms with Crippen LogP contribution in [0.3, 0.4) is 0 Å². The van der Waals surface area contributed by atoms with Crippen LogP contribution >= 0.6 is 0 Å². The first kappa shape index (κ1) is 17.0. The van der Waals surface area contributed by atoms with Gasteiger partial charge in [-0.3, -0.25) is 4.68 Å². The number of aryl methyl sites for hydroxylation is 1. The molecule has 0 aliphatic heterocycles. The van der Waals surface area contributed by atoms with Gasteiger partial charge in [-0.2, -0.15) is 9.40 Å². The fourth-order valence-electron chi connectivity index (χ4n) is 3.21. The van der Waals surface area contributed by atoms with Crippen LogP contribution in [0.4, 0.5) is 8.78 Å². The average molecular weight is 355 g/mol. The Morgan fingerprint density at radius 3 is 2.67 bits per heavy atom. The number of benzene rings is 1. The third-order valence-electron chi connectivity index (χ3n) is 4.61. The zero-order valence-corrected chi connectivity index (χ0v) is 14.4. The maximum absolute atomic E-state index is 13.8. The van der Waals surface area contributed by atoms with Gasteiger partial charge in [0.2, 0.25) is 10.0 Å². The Balaban J connectivity index is 1.91. The second kappa shape index (κ2) is 6.25. The van der Waals surface area contributed by atoms with Crippen molar-refractivity contribution in [1.82, 2.24) is 14.1 Å². The minimum absolute atomic E-state index is 0.359. The van der Waals surface area contributed by atoms with Crippen LogP contribution in [-0.4, -0.2) is 29.6 Å². The third-order valence-corrected chi connectivity index (χ3v) is 6.40. The van der Waals surface area contributed by atoms with Crippen molar-refractivity contribution in [1.29, 1.82) is 0 Å². The van der Waals surface area contributed by atoms with E-state index in [1.54, 1.807) is 10.9 Å². The molecular formula is C16H19F2N3O2S. The molecule has 0 N–H and O–H groups in total. The van der Waals surface area contributed by atoms with E-state index in [-0.39, 0.29) is 6.04 Å². The summed E-state index contributed by atoms with van der Waals surface area (Å²) in [6.45, 7) is 0. The fourth-order valence-corrected chi connectivity index (χ4v) is 4.66. The van der Waals surface area contributed by atoms with E-state index < -0.39 is 33.0 Å². The van der Waals surface area contributed by atoms with E-state index in [0.717, 1.165) is 36.2 Å². The Labute approximate surface area is 139 Å². The highest BCUT2D eigenvalue weighted by Crippen LogP contribution is 2.35. The lowest BCUT2D eigenvalue weighted by Crippen LogP contribution is -2.34. The topological polar surface area (TPSA) is 55.2 Å². The highest BCUT2D eigenvalue weighted by atomic mass is 32.2. The van der Waals surface area contributed by atoms with Crippen molar-refractivity contribution in [3.05, 3.63) is 52.9 Å². The maximum atomic E-state index is 13.8. The Bertz CT molecular complexity index is 844. The molecule has 0 spiro atoms. The molecule has 3 rings (SSSR count). The van der Waals surface area contributed by atoms with Crippen LogP contribution in [0.25, 0.3) is 0 Å². The van der Waals surface area contributed by atoms with Crippen LogP contribution < -0.4 is 0 Å². The molecule has 24 heavy (non-hydrogen) atoms. The van der Waals surface area contributed by atoms with Gasteiger partial charge in [-0.25, -0.2) is 17.2 Å². The first-order valence-electron chi connectivity index (χ1n) is 7.70. The van der Waals surface area contributed by atoms with E-state index in [1.807, 2.05) is 7.05 Å². The molecule has 0 fully saturated rings. The predicted octanol–water partition coefficient (Wildman–Crippen LogP) is 2.54. The molecular weight excluding hydrogens is 336 g/mol. The Morgan fingerprint density at radius 2 is 2.00 bits per heavy atom. The van der Waals surface area contributed by atoms with Crippen LogP contribution in [-0.2, 0) is 29.2 Å². The molecule has 1 aliphatic rings. The fraction of sp³-hybridized carbons (Fsp3) is 0.438. The third kappa shape index (κ3) is 2.95. The number of fused-ring (bicyclic) bond motifs is 1. The number of hydrogen-bond acceptors (Lipinski definition) is 3. The summed E-state index contributed by atoms with van der Waals surface area (Å²) in [6, 6.07) is 2.98. The Hall–Kier alpha value is -1.80. The Morgan fingerprint density at radius 1 is 1.33 bits per heavy atom. The predicted molar refractivity (Wildman–Crippen MR) is 85.6 cm³/mol. The summed E-state index contributed by atoms with van der Waals surface area (Å²) in [4.78, 5) is 0. The largest absolute Gasteiger partial charge is 0.272 e. The first-order chi connectivity index (χ1) is 11.3. The monoisotopic (exact) mass is 355 g/mol. The smallest absolute Gasteiger partial charge is 0.218 e. The zero-order valence-electron chi connectivity index (χ0n) is 13.5. The first-order valence-corrected chi connectivity index (χ1v) is 9.31. The molecule has 1 aromatic carbocycles. The molecule has 1 aromatic heterocycles. The Kier molecular flexibility index (Phi) is 4.44. The number of aromatic nitrogens is 2. The molecule has 0 bridgehead atoms. The number of rotatable bonds is 4. The number of sulfonamides is 1. The molecule has 1 aliphatic carbocycles. The van der Waals surface area contributed by atoms with Gasteiger partial charge in [0.05, 0.1) is 18.0 Å². The second-order valence-corrected chi connectivity index (χ2v) is 8.08. The van der Waals surface area contributed by atoms with Crippen molar-refractivity contribution in [3.63, 3.8) is 0 Å². The minimum atomic E-state index is -3.88. The highest BCUT2D eigenvalue weighted by molar-refractivity contribution is 7.88. The lowest BCUT2D eigenvalue weighted by molar-refractivity contribution is 0.334. The van der Waals surface area contributed by atoms with Crippen molar-refractivity contribution >= 4 is 10.0 Å². The van der Waals surface area contributed by atoms with Gasteiger partial charge in [-0.1, -0.05) is 6.07 Å². The number of halogens is 2. The van der Waals surface area contributed by atoms with Crippen LogP contribution in [0.1, 0.15) is 35.7 Å². The summed E-state index contributed by atoms with van der Waals surface area (Å²) in [5.41, 5.74) is 1.45. The van der Waals surface area contributed by atoms with E-state index in [4.69, 9.17) is 0 Å². The van der Waals surface area contributed by atoms with Crippen molar-refractivity contribution in [2.75, 3.05) is 7.05 Å². The zero-order chi connectivity index (χ0) is 17.5. The van der Waals surface area contributed by atoms with Crippen molar-refractivity contribution < 1.29 is 17.2 Å². The summed E-state index contributed by atoms with van der Waals surface area (Å²) in [5, 5.41) is 4.20. The van der Waals surface area contributed by atoms with Crippen molar-refractivity contribution in [3.8, 4) is 0 Å². The van der Waals surface area contributed by atoms with Crippen LogP contribution in [0.2, 0.25) is 0 Å². The quantitative estimate of drug-likeness (QED) is 0.847.